The molecule has 1 amide bonds. The summed E-state index contributed by atoms with van der Waals surface area (Å²) in [5.41, 5.74) is 0. The van der Waals surface area contributed by atoms with Crippen LogP contribution in [-0.2, 0) is 4.79 Å². The van der Waals surface area contributed by atoms with E-state index >= 15 is 0 Å². The minimum Gasteiger partial charge on any atom is -0.484 e. The molecular formula is C17H15N3O2S. The van der Waals surface area contributed by atoms with Crippen molar-refractivity contribution < 1.29 is 9.53 Å². The van der Waals surface area contributed by atoms with Gasteiger partial charge in [0.2, 0.25) is 5.13 Å². The van der Waals surface area contributed by atoms with Crippen LogP contribution in [0.1, 0.15) is 23.8 Å². The maximum Gasteiger partial charge on any atom is 0.264 e. The van der Waals surface area contributed by atoms with Crippen molar-refractivity contribution in [1.82, 2.24) is 10.2 Å². The number of nitrogens with zero attached hydrogens (tertiary/aromatic N) is 2. The van der Waals surface area contributed by atoms with Gasteiger partial charge < -0.3 is 4.74 Å². The molecule has 0 radical (unpaired) electrons. The number of carbonyl (C=O) groups excluding carboxylic acids is 1. The molecule has 0 bridgehead atoms. The predicted octanol–water partition coefficient (Wildman–Crippen LogP) is 3.59. The van der Waals surface area contributed by atoms with Crippen molar-refractivity contribution in [2.24, 2.45) is 0 Å². The molecule has 0 saturated heterocycles. The molecule has 1 aromatic heterocycles. The van der Waals surface area contributed by atoms with Gasteiger partial charge in [-0.05, 0) is 35.7 Å². The second kappa shape index (κ2) is 5.96. The summed E-state index contributed by atoms with van der Waals surface area (Å²) in [6.07, 6.45) is 2.35. The summed E-state index contributed by atoms with van der Waals surface area (Å²) in [5, 5.41) is 14.6. The van der Waals surface area contributed by atoms with E-state index in [1.54, 1.807) is 0 Å². The highest BCUT2D eigenvalue weighted by molar-refractivity contribution is 7.15. The van der Waals surface area contributed by atoms with Gasteiger partial charge in [0, 0.05) is 5.92 Å². The Morgan fingerprint density at radius 3 is 2.83 bits per heavy atom. The van der Waals surface area contributed by atoms with Gasteiger partial charge in [0.1, 0.15) is 10.8 Å². The second-order valence-corrected chi connectivity index (χ2v) is 6.57. The molecule has 6 heteroatoms. The van der Waals surface area contributed by atoms with Gasteiger partial charge >= 0.3 is 0 Å². The van der Waals surface area contributed by atoms with E-state index in [9.17, 15) is 4.79 Å². The smallest absolute Gasteiger partial charge is 0.264 e. The number of anilines is 1. The van der Waals surface area contributed by atoms with Crippen LogP contribution in [0.2, 0.25) is 0 Å². The van der Waals surface area contributed by atoms with Gasteiger partial charge in [-0.15, -0.1) is 10.2 Å². The number of nitrogens with one attached hydrogen (secondary N) is 1. The van der Waals surface area contributed by atoms with Crippen LogP contribution in [-0.4, -0.2) is 22.7 Å². The number of amides is 1. The van der Waals surface area contributed by atoms with Gasteiger partial charge in [0.25, 0.3) is 5.91 Å². The van der Waals surface area contributed by atoms with E-state index in [0.29, 0.717) is 16.8 Å². The monoisotopic (exact) mass is 325 g/mol. The van der Waals surface area contributed by atoms with E-state index < -0.39 is 0 Å². The molecule has 1 fully saturated rings. The highest BCUT2D eigenvalue weighted by Crippen LogP contribution is 2.42. The average molecular weight is 325 g/mol. The van der Waals surface area contributed by atoms with Crippen molar-refractivity contribution >= 4 is 33.1 Å². The summed E-state index contributed by atoms with van der Waals surface area (Å²) >= 11 is 1.45. The van der Waals surface area contributed by atoms with Crippen LogP contribution in [0.5, 0.6) is 5.75 Å². The Kier molecular flexibility index (Phi) is 3.67. The van der Waals surface area contributed by atoms with Gasteiger partial charge in [0.15, 0.2) is 6.61 Å². The first-order valence-electron chi connectivity index (χ1n) is 7.53. The molecule has 1 aliphatic carbocycles. The lowest BCUT2D eigenvalue weighted by Gasteiger charge is -2.06. The van der Waals surface area contributed by atoms with Crippen molar-refractivity contribution in [3.8, 4) is 5.75 Å². The first-order chi connectivity index (χ1) is 11.3. The third-order valence-corrected chi connectivity index (χ3v) is 4.71. The molecule has 0 atom stereocenters. The Hall–Kier alpha value is -2.47. The van der Waals surface area contributed by atoms with Crippen LogP contribution in [0.15, 0.2) is 42.5 Å². The molecule has 5 nitrogen and oxygen atoms in total. The highest BCUT2D eigenvalue weighted by atomic mass is 32.1. The number of carbonyl (C=O) groups is 1. The minimum atomic E-state index is -0.225. The molecule has 0 aliphatic heterocycles. The second-order valence-electron chi connectivity index (χ2n) is 5.57. The number of ether oxygens (including phenoxy) is 1. The maximum atomic E-state index is 11.9. The zero-order valence-electron chi connectivity index (χ0n) is 12.4. The Morgan fingerprint density at radius 1 is 1.17 bits per heavy atom. The molecule has 116 valence electrons. The Labute approximate surface area is 137 Å². The fraction of sp³-hybridized carbons (Fsp3) is 0.235. The zero-order valence-corrected chi connectivity index (χ0v) is 13.2. The summed E-state index contributed by atoms with van der Waals surface area (Å²) in [6, 6.07) is 13.8. The number of fused-ring (bicyclic) bond motifs is 1. The van der Waals surface area contributed by atoms with Crippen LogP contribution < -0.4 is 10.1 Å². The number of hydrogen-bond donors (Lipinski definition) is 1. The quantitative estimate of drug-likeness (QED) is 0.778. The third-order valence-electron chi connectivity index (χ3n) is 3.70. The summed E-state index contributed by atoms with van der Waals surface area (Å²) in [7, 11) is 0. The molecule has 1 aliphatic rings. The van der Waals surface area contributed by atoms with Crippen LogP contribution in [0.3, 0.4) is 0 Å². The minimum absolute atomic E-state index is 0.0450. The molecule has 3 aromatic rings. The highest BCUT2D eigenvalue weighted by Gasteiger charge is 2.27. The molecular weight excluding hydrogens is 310 g/mol. The topological polar surface area (TPSA) is 64.1 Å². The molecule has 1 heterocycles. The fourth-order valence-electron chi connectivity index (χ4n) is 2.34. The van der Waals surface area contributed by atoms with Gasteiger partial charge in [-0.2, -0.15) is 0 Å². The van der Waals surface area contributed by atoms with Gasteiger partial charge in [-0.25, -0.2) is 0 Å². The fourth-order valence-corrected chi connectivity index (χ4v) is 3.27. The molecule has 4 rings (SSSR count). The molecule has 1 saturated carbocycles. The van der Waals surface area contributed by atoms with Crippen LogP contribution in [0, 0.1) is 0 Å². The van der Waals surface area contributed by atoms with Crippen LogP contribution in [0.25, 0.3) is 10.8 Å². The van der Waals surface area contributed by atoms with Crippen molar-refractivity contribution in [3.63, 3.8) is 0 Å². The molecule has 0 unspecified atom stereocenters. The van der Waals surface area contributed by atoms with Gasteiger partial charge in [-0.3, -0.25) is 10.1 Å². The summed E-state index contributed by atoms with van der Waals surface area (Å²) in [5.74, 6) is 0.999. The number of benzene rings is 2. The normalized spacial score (nSPS) is 13.9. The lowest BCUT2D eigenvalue weighted by Crippen LogP contribution is -2.20. The first kappa shape index (κ1) is 14.1. The van der Waals surface area contributed by atoms with E-state index in [1.807, 2.05) is 42.5 Å². The Bertz CT molecular complexity index is 858. The molecule has 23 heavy (non-hydrogen) atoms. The lowest BCUT2D eigenvalue weighted by molar-refractivity contribution is -0.118. The summed E-state index contributed by atoms with van der Waals surface area (Å²) in [6.45, 7) is -0.0450. The van der Waals surface area contributed by atoms with Crippen molar-refractivity contribution in [2.45, 2.75) is 18.8 Å². The number of hydrogen-bond acceptors (Lipinski definition) is 5. The number of aromatic nitrogens is 2. The van der Waals surface area contributed by atoms with Crippen LogP contribution in [0.4, 0.5) is 5.13 Å². The zero-order chi connectivity index (χ0) is 15.6. The summed E-state index contributed by atoms with van der Waals surface area (Å²) in [4.78, 5) is 11.9. The predicted molar refractivity (Wildman–Crippen MR) is 90.0 cm³/mol. The third kappa shape index (κ3) is 3.32. The SMILES string of the molecule is O=C(COc1ccc2ccccc2c1)Nc1nnc(C2CC2)s1. The largest absolute Gasteiger partial charge is 0.484 e. The van der Waals surface area contributed by atoms with Crippen molar-refractivity contribution in [1.29, 1.82) is 0 Å². The molecule has 0 spiro atoms. The number of rotatable bonds is 5. The summed E-state index contributed by atoms with van der Waals surface area (Å²) < 4.78 is 5.56. The van der Waals surface area contributed by atoms with Gasteiger partial charge in [-0.1, -0.05) is 41.7 Å². The van der Waals surface area contributed by atoms with E-state index in [2.05, 4.69) is 15.5 Å². The Morgan fingerprint density at radius 2 is 2.00 bits per heavy atom. The van der Waals surface area contributed by atoms with Crippen molar-refractivity contribution in [2.75, 3.05) is 11.9 Å². The maximum absolute atomic E-state index is 11.9. The van der Waals surface area contributed by atoms with Crippen molar-refractivity contribution in [3.05, 3.63) is 47.5 Å². The van der Waals surface area contributed by atoms with E-state index in [0.717, 1.165) is 15.8 Å². The van der Waals surface area contributed by atoms with Crippen LogP contribution >= 0.6 is 11.3 Å². The first-order valence-corrected chi connectivity index (χ1v) is 8.34. The lowest BCUT2D eigenvalue weighted by atomic mass is 10.1. The van der Waals surface area contributed by atoms with E-state index in [-0.39, 0.29) is 12.5 Å². The standard InChI is InChI=1S/C17H15N3O2S/c21-15(18-17-20-19-16(23-17)12-5-6-12)10-22-14-8-7-11-3-1-2-4-13(11)9-14/h1-4,7-9,12H,5-6,10H2,(H,18,20,21). The van der Waals surface area contributed by atoms with E-state index in [4.69, 9.17) is 4.74 Å². The molecule has 1 N–H and O–H groups in total. The van der Waals surface area contributed by atoms with Gasteiger partial charge in [0.05, 0.1) is 0 Å². The Balaban J connectivity index is 1.36. The average Bonchev–Trinajstić information content (AvgIpc) is 3.33. The molecule has 2 aromatic carbocycles. The van der Waals surface area contributed by atoms with E-state index in [1.165, 1.54) is 24.2 Å².